The molecule has 0 atom stereocenters. The van der Waals surface area contributed by atoms with Gasteiger partial charge in [0.15, 0.2) is 0 Å². The van der Waals surface area contributed by atoms with Gasteiger partial charge in [-0.25, -0.2) is 8.42 Å². The molecule has 0 radical (unpaired) electrons. The van der Waals surface area contributed by atoms with E-state index >= 15 is 0 Å². The van der Waals surface area contributed by atoms with Crippen molar-refractivity contribution in [2.24, 2.45) is 0 Å². The Morgan fingerprint density at radius 2 is 1.53 bits per heavy atom. The van der Waals surface area contributed by atoms with Crippen LogP contribution in [0, 0.1) is 0 Å². The number of nitrogens with one attached hydrogen (secondary N) is 1. The summed E-state index contributed by atoms with van der Waals surface area (Å²) < 4.78 is 72.1. The van der Waals surface area contributed by atoms with Gasteiger partial charge in [-0.2, -0.15) is 13.2 Å². The highest BCUT2D eigenvalue weighted by Crippen LogP contribution is 2.34. The Labute approximate surface area is 183 Å². The van der Waals surface area contributed by atoms with E-state index in [2.05, 4.69) is 5.32 Å². The summed E-state index contributed by atoms with van der Waals surface area (Å²) in [5.41, 5.74) is -1.31. The van der Waals surface area contributed by atoms with Crippen LogP contribution in [0.5, 0.6) is 5.75 Å². The Hall–Kier alpha value is -3.53. The van der Waals surface area contributed by atoms with E-state index in [9.17, 15) is 26.4 Å². The molecule has 0 unspecified atom stereocenters. The summed E-state index contributed by atoms with van der Waals surface area (Å²) in [4.78, 5) is 12.5. The number of rotatable bonds is 7. The number of para-hydroxylation sites is 2. The lowest BCUT2D eigenvalue weighted by Crippen LogP contribution is -2.38. The van der Waals surface area contributed by atoms with Gasteiger partial charge in [0.2, 0.25) is 5.91 Å². The van der Waals surface area contributed by atoms with E-state index in [-0.39, 0.29) is 10.6 Å². The highest BCUT2D eigenvalue weighted by atomic mass is 32.2. The summed E-state index contributed by atoms with van der Waals surface area (Å²) in [6.07, 6.45) is -4.68. The number of carbonyl (C=O) groups excluding carboxylic acids is 1. The van der Waals surface area contributed by atoms with E-state index in [4.69, 9.17) is 4.74 Å². The number of amides is 1. The van der Waals surface area contributed by atoms with Crippen LogP contribution >= 0.6 is 0 Å². The quantitative estimate of drug-likeness (QED) is 0.557. The van der Waals surface area contributed by atoms with Crippen molar-refractivity contribution < 1.29 is 31.1 Å². The van der Waals surface area contributed by atoms with Crippen LogP contribution in [-0.2, 0) is 21.0 Å². The Morgan fingerprint density at radius 1 is 0.938 bits per heavy atom. The van der Waals surface area contributed by atoms with Crippen molar-refractivity contribution in [2.75, 3.05) is 23.3 Å². The van der Waals surface area contributed by atoms with Crippen molar-refractivity contribution in [3.63, 3.8) is 0 Å². The number of sulfonamides is 1. The van der Waals surface area contributed by atoms with Gasteiger partial charge >= 0.3 is 6.18 Å². The molecule has 32 heavy (non-hydrogen) atoms. The molecule has 10 heteroatoms. The van der Waals surface area contributed by atoms with Crippen molar-refractivity contribution in [1.29, 1.82) is 0 Å². The van der Waals surface area contributed by atoms with Gasteiger partial charge in [0.25, 0.3) is 10.0 Å². The molecule has 0 aliphatic heterocycles. The second kappa shape index (κ2) is 9.31. The average Bonchev–Trinajstić information content (AvgIpc) is 2.77. The second-order valence-corrected chi connectivity index (χ2v) is 8.48. The van der Waals surface area contributed by atoms with Crippen LogP contribution < -0.4 is 14.4 Å². The SMILES string of the molecule is COc1ccc(S(=O)(=O)N(CC(=O)Nc2ccccc2C(F)(F)F)c2ccccc2)cc1. The number of nitrogens with zero attached hydrogens (tertiary/aromatic N) is 1. The molecule has 3 aromatic rings. The fraction of sp³-hybridized carbons (Fsp3) is 0.136. The van der Waals surface area contributed by atoms with E-state index in [1.54, 1.807) is 18.2 Å². The minimum atomic E-state index is -4.68. The third kappa shape index (κ3) is 5.20. The molecular weight excluding hydrogens is 445 g/mol. The van der Waals surface area contributed by atoms with E-state index in [0.717, 1.165) is 16.4 Å². The third-order valence-electron chi connectivity index (χ3n) is 4.49. The Bertz CT molecular complexity index is 1180. The van der Waals surface area contributed by atoms with E-state index in [1.165, 1.54) is 55.6 Å². The highest BCUT2D eigenvalue weighted by molar-refractivity contribution is 7.92. The number of halogens is 3. The Morgan fingerprint density at radius 3 is 2.12 bits per heavy atom. The van der Waals surface area contributed by atoms with Gasteiger partial charge in [-0.15, -0.1) is 0 Å². The molecule has 0 aliphatic rings. The molecule has 1 N–H and O–H groups in total. The second-order valence-electron chi connectivity index (χ2n) is 6.61. The molecule has 0 heterocycles. The summed E-state index contributed by atoms with van der Waals surface area (Å²) in [6.45, 7) is -0.732. The summed E-state index contributed by atoms with van der Waals surface area (Å²) >= 11 is 0. The number of ether oxygens (including phenoxy) is 1. The van der Waals surface area contributed by atoms with Gasteiger partial charge < -0.3 is 10.1 Å². The van der Waals surface area contributed by atoms with Gasteiger partial charge in [-0.1, -0.05) is 30.3 Å². The summed E-state index contributed by atoms with van der Waals surface area (Å²) in [7, 11) is -2.78. The maximum atomic E-state index is 13.3. The lowest BCUT2D eigenvalue weighted by molar-refractivity contribution is -0.137. The van der Waals surface area contributed by atoms with Gasteiger partial charge in [0.1, 0.15) is 12.3 Å². The first-order chi connectivity index (χ1) is 15.1. The van der Waals surface area contributed by atoms with Crippen LogP contribution in [0.15, 0.2) is 83.8 Å². The number of hydrogen-bond acceptors (Lipinski definition) is 4. The number of anilines is 2. The summed E-state index contributed by atoms with van der Waals surface area (Å²) in [5, 5.41) is 2.17. The normalized spacial score (nSPS) is 11.6. The zero-order valence-corrected chi connectivity index (χ0v) is 17.7. The molecule has 0 saturated heterocycles. The maximum Gasteiger partial charge on any atom is 0.418 e. The van der Waals surface area contributed by atoms with Crippen LogP contribution in [0.4, 0.5) is 24.5 Å². The number of alkyl halides is 3. The fourth-order valence-electron chi connectivity index (χ4n) is 2.94. The third-order valence-corrected chi connectivity index (χ3v) is 6.27. The summed E-state index contributed by atoms with van der Waals surface area (Å²) in [6, 6.07) is 17.8. The molecule has 0 spiro atoms. The van der Waals surface area contributed by atoms with E-state index in [1.807, 2.05) is 0 Å². The van der Waals surface area contributed by atoms with Crippen LogP contribution in [0.3, 0.4) is 0 Å². The average molecular weight is 464 g/mol. The van der Waals surface area contributed by atoms with Crippen LogP contribution in [0.25, 0.3) is 0 Å². The van der Waals surface area contributed by atoms with Crippen LogP contribution in [0.1, 0.15) is 5.56 Å². The first-order valence-corrected chi connectivity index (χ1v) is 10.7. The van der Waals surface area contributed by atoms with Gasteiger partial charge in [0, 0.05) is 0 Å². The molecular formula is C22H19F3N2O4S. The van der Waals surface area contributed by atoms with E-state index < -0.39 is 39.9 Å². The molecule has 0 aliphatic carbocycles. The lowest BCUT2D eigenvalue weighted by Gasteiger charge is -2.24. The minimum Gasteiger partial charge on any atom is -0.497 e. The van der Waals surface area contributed by atoms with Gasteiger partial charge in [-0.05, 0) is 48.5 Å². The first kappa shape index (κ1) is 23.1. The van der Waals surface area contributed by atoms with Crippen molar-refractivity contribution in [1.82, 2.24) is 0 Å². The molecule has 1 amide bonds. The lowest BCUT2D eigenvalue weighted by atomic mass is 10.1. The number of methoxy groups -OCH3 is 1. The topological polar surface area (TPSA) is 75.7 Å². The largest absolute Gasteiger partial charge is 0.497 e. The smallest absolute Gasteiger partial charge is 0.418 e. The van der Waals surface area contributed by atoms with Gasteiger partial charge in [-0.3, -0.25) is 9.10 Å². The molecule has 3 aromatic carbocycles. The van der Waals surface area contributed by atoms with Crippen molar-refractivity contribution >= 4 is 27.3 Å². The zero-order valence-electron chi connectivity index (χ0n) is 16.8. The van der Waals surface area contributed by atoms with Crippen molar-refractivity contribution in [3.05, 3.63) is 84.4 Å². The monoisotopic (exact) mass is 464 g/mol. The molecule has 3 rings (SSSR count). The predicted octanol–water partition coefficient (Wildman–Crippen LogP) is 4.55. The standard InChI is InChI=1S/C22H19F3N2O4S/c1-31-17-11-13-18(14-12-17)32(29,30)27(16-7-3-2-4-8-16)15-21(28)26-20-10-6-5-9-19(20)22(23,24)25/h2-14H,15H2,1H3,(H,26,28). The predicted molar refractivity (Wildman–Crippen MR) is 114 cm³/mol. The molecule has 0 fully saturated rings. The number of hydrogen-bond donors (Lipinski definition) is 1. The maximum absolute atomic E-state index is 13.3. The summed E-state index contributed by atoms with van der Waals surface area (Å²) in [5.74, 6) is -0.487. The Kier molecular flexibility index (Phi) is 6.73. The van der Waals surface area contributed by atoms with Crippen LogP contribution in [0.2, 0.25) is 0 Å². The number of benzene rings is 3. The van der Waals surface area contributed by atoms with Crippen molar-refractivity contribution in [3.8, 4) is 5.75 Å². The fourth-order valence-corrected chi connectivity index (χ4v) is 4.36. The van der Waals surface area contributed by atoms with E-state index in [0.29, 0.717) is 5.75 Å². The molecule has 0 bridgehead atoms. The zero-order chi connectivity index (χ0) is 23.4. The Balaban J connectivity index is 1.93. The molecule has 168 valence electrons. The first-order valence-electron chi connectivity index (χ1n) is 9.31. The highest BCUT2D eigenvalue weighted by Gasteiger charge is 2.34. The molecule has 0 saturated carbocycles. The van der Waals surface area contributed by atoms with Crippen molar-refractivity contribution in [2.45, 2.75) is 11.1 Å². The minimum absolute atomic E-state index is 0.106. The van der Waals surface area contributed by atoms with Gasteiger partial charge in [0.05, 0.1) is 28.9 Å². The molecule has 0 aromatic heterocycles. The number of carbonyl (C=O) groups is 1. The van der Waals surface area contributed by atoms with Crippen LogP contribution in [-0.4, -0.2) is 28.0 Å². The molecule has 6 nitrogen and oxygen atoms in total.